The maximum absolute atomic E-state index is 11.3. The molecule has 0 aromatic rings. The molecule has 16 heavy (non-hydrogen) atoms. The fraction of sp³-hybridized carbons (Fsp3) is 0.917. The molecule has 1 saturated carbocycles. The molecule has 4 heteroatoms. The second-order valence-electron chi connectivity index (χ2n) is 5.18. The molecule has 94 valence electrons. The molecule has 1 rings (SSSR count). The summed E-state index contributed by atoms with van der Waals surface area (Å²) < 4.78 is 0. The van der Waals surface area contributed by atoms with Crippen LogP contribution in [0.15, 0.2) is 0 Å². The van der Waals surface area contributed by atoms with Crippen molar-refractivity contribution >= 4 is 5.91 Å². The van der Waals surface area contributed by atoms with E-state index >= 15 is 0 Å². The average molecular weight is 228 g/mol. The number of amides is 1. The number of hydrogen-bond donors (Lipinski definition) is 3. The Bertz CT molecular complexity index is 241. The summed E-state index contributed by atoms with van der Waals surface area (Å²) in [4.78, 5) is 11.3. The van der Waals surface area contributed by atoms with Crippen LogP contribution in [0.4, 0.5) is 0 Å². The zero-order chi connectivity index (χ0) is 12.2. The van der Waals surface area contributed by atoms with Gasteiger partial charge in [0.25, 0.3) is 0 Å². The van der Waals surface area contributed by atoms with Crippen LogP contribution in [0, 0.1) is 5.41 Å². The molecule has 0 radical (unpaired) electrons. The average Bonchev–Trinajstić information content (AvgIpc) is 2.25. The van der Waals surface area contributed by atoms with Gasteiger partial charge in [0.15, 0.2) is 0 Å². The molecule has 0 saturated heterocycles. The smallest absolute Gasteiger partial charge is 0.221 e. The Hall–Kier alpha value is -0.610. The molecule has 0 heterocycles. The number of rotatable bonds is 6. The van der Waals surface area contributed by atoms with Crippen molar-refractivity contribution in [2.24, 2.45) is 5.41 Å². The van der Waals surface area contributed by atoms with E-state index in [1.165, 1.54) is 0 Å². The zero-order valence-corrected chi connectivity index (χ0v) is 10.5. The van der Waals surface area contributed by atoms with Gasteiger partial charge in [-0.2, -0.15) is 0 Å². The molecule has 3 N–H and O–H groups in total. The van der Waals surface area contributed by atoms with Crippen LogP contribution < -0.4 is 10.6 Å². The van der Waals surface area contributed by atoms with E-state index in [0.29, 0.717) is 19.0 Å². The summed E-state index contributed by atoms with van der Waals surface area (Å²) in [6, 6.07) is 0.335. The van der Waals surface area contributed by atoms with E-state index in [1.54, 1.807) is 0 Å². The van der Waals surface area contributed by atoms with Crippen LogP contribution >= 0.6 is 0 Å². The first kappa shape index (κ1) is 13.5. The molecule has 1 fully saturated rings. The number of aliphatic hydroxyl groups excluding tert-OH is 1. The summed E-state index contributed by atoms with van der Waals surface area (Å²) in [5.41, 5.74) is -0.0557. The lowest BCUT2D eigenvalue weighted by molar-refractivity contribution is -0.121. The number of carbonyl (C=O) groups excluding carboxylic acids is 1. The highest BCUT2D eigenvalue weighted by Gasteiger charge is 2.46. The minimum atomic E-state index is -0.209. The summed E-state index contributed by atoms with van der Waals surface area (Å²) in [7, 11) is 0. The molecule has 0 spiro atoms. The van der Waals surface area contributed by atoms with Gasteiger partial charge >= 0.3 is 0 Å². The van der Waals surface area contributed by atoms with Crippen molar-refractivity contribution in [3.8, 4) is 0 Å². The summed E-state index contributed by atoms with van der Waals surface area (Å²) in [5, 5.41) is 15.7. The molecule has 1 aliphatic rings. The van der Waals surface area contributed by atoms with Crippen LogP contribution in [0.1, 0.15) is 40.0 Å². The molecule has 2 atom stereocenters. The molecule has 0 aliphatic heterocycles. The van der Waals surface area contributed by atoms with Crippen LogP contribution in [0.2, 0.25) is 0 Å². The van der Waals surface area contributed by atoms with Gasteiger partial charge in [-0.25, -0.2) is 0 Å². The van der Waals surface area contributed by atoms with Crippen molar-refractivity contribution in [3.05, 3.63) is 0 Å². The summed E-state index contributed by atoms with van der Waals surface area (Å²) >= 11 is 0. The monoisotopic (exact) mass is 228 g/mol. The third kappa shape index (κ3) is 3.19. The van der Waals surface area contributed by atoms with Crippen molar-refractivity contribution in [2.75, 3.05) is 13.1 Å². The van der Waals surface area contributed by atoms with Crippen LogP contribution in [-0.4, -0.2) is 36.2 Å². The molecule has 1 aliphatic carbocycles. The Labute approximate surface area is 97.8 Å². The number of nitrogens with one attached hydrogen (secondary N) is 2. The minimum absolute atomic E-state index is 0.0557. The topological polar surface area (TPSA) is 61.4 Å². The predicted octanol–water partition coefficient (Wildman–Crippen LogP) is 0.652. The molecule has 0 aromatic carbocycles. The van der Waals surface area contributed by atoms with E-state index in [0.717, 1.165) is 19.4 Å². The lowest BCUT2D eigenvalue weighted by atomic mass is 9.64. The van der Waals surface area contributed by atoms with Crippen molar-refractivity contribution in [2.45, 2.75) is 52.2 Å². The highest BCUT2D eigenvalue weighted by molar-refractivity contribution is 5.75. The van der Waals surface area contributed by atoms with Crippen molar-refractivity contribution in [1.82, 2.24) is 10.6 Å². The molecule has 2 unspecified atom stereocenters. The lowest BCUT2D eigenvalue weighted by Gasteiger charge is -2.49. The predicted molar refractivity (Wildman–Crippen MR) is 64.1 cm³/mol. The fourth-order valence-electron chi connectivity index (χ4n) is 1.96. The van der Waals surface area contributed by atoms with Crippen molar-refractivity contribution < 1.29 is 9.90 Å². The van der Waals surface area contributed by atoms with Gasteiger partial charge in [-0.3, -0.25) is 4.79 Å². The Morgan fingerprint density at radius 1 is 1.44 bits per heavy atom. The van der Waals surface area contributed by atoms with Crippen LogP contribution in [-0.2, 0) is 4.79 Å². The van der Waals surface area contributed by atoms with Gasteiger partial charge in [0.05, 0.1) is 6.10 Å². The molecule has 0 bridgehead atoms. The van der Waals surface area contributed by atoms with Gasteiger partial charge in [0.1, 0.15) is 0 Å². The first-order chi connectivity index (χ1) is 7.48. The van der Waals surface area contributed by atoms with Gasteiger partial charge in [-0.15, -0.1) is 0 Å². The molecule has 1 amide bonds. The second-order valence-corrected chi connectivity index (χ2v) is 5.18. The van der Waals surface area contributed by atoms with E-state index in [2.05, 4.69) is 24.5 Å². The largest absolute Gasteiger partial charge is 0.392 e. The highest BCUT2D eigenvalue weighted by atomic mass is 16.3. The van der Waals surface area contributed by atoms with Gasteiger partial charge in [0, 0.05) is 31.0 Å². The van der Waals surface area contributed by atoms with Gasteiger partial charge in [0.2, 0.25) is 5.91 Å². The second kappa shape index (κ2) is 5.64. The number of hydrogen-bond acceptors (Lipinski definition) is 3. The van der Waals surface area contributed by atoms with Crippen molar-refractivity contribution in [3.63, 3.8) is 0 Å². The fourth-order valence-corrected chi connectivity index (χ4v) is 1.96. The Morgan fingerprint density at radius 3 is 2.62 bits per heavy atom. The maximum Gasteiger partial charge on any atom is 0.221 e. The third-order valence-corrected chi connectivity index (χ3v) is 3.53. The number of aliphatic hydroxyl groups is 1. The van der Waals surface area contributed by atoms with Crippen molar-refractivity contribution in [1.29, 1.82) is 0 Å². The van der Waals surface area contributed by atoms with E-state index in [4.69, 9.17) is 0 Å². The first-order valence-electron chi connectivity index (χ1n) is 6.16. The van der Waals surface area contributed by atoms with Gasteiger partial charge in [-0.1, -0.05) is 20.8 Å². The summed E-state index contributed by atoms with van der Waals surface area (Å²) in [5.74, 6) is 0.104. The van der Waals surface area contributed by atoms with Crippen LogP contribution in [0.25, 0.3) is 0 Å². The Balaban J connectivity index is 2.10. The first-order valence-corrected chi connectivity index (χ1v) is 6.16. The highest BCUT2D eigenvalue weighted by Crippen LogP contribution is 2.40. The molecular weight excluding hydrogens is 204 g/mol. The van der Waals surface area contributed by atoms with Gasteiger partial charge in [-0.05, 0) is 12.8 Å². The van der Waals surface area contributed by atoms with E-state index < -0.39 is 0 Å². The molecular formula is C12H24N2O2. The quantitative estimate of drug-likeness (QED) is 0.625. The van der Waals surface area contributed by atoms with Crippen LogP contribution in [0.3, 0.4) is 0 Å². The number of carbonyl (C=O) groups is 1. The van der Waals surface area contributed by atoms with E-state index in [1.807, 2.05) is 6.92 Å². The zero-order valence-electron chi connectivity index (χ0n) is 10.5. The standard InChI is InChI=1S/C12H24N2O2/c1-4-6-14-11(16)5-7-13-9-8-10(15)12(9,2)3/h9-10,13,15H,4-8H2,1-3H3,(H,14,16). The maximum atomic E-state index is 11.3. The Morgan fingerprint density at radius 2 is 2.12 bits per heavy atom. The summed E-state index contributed by atoms with van der Waals surface area (Å²) in [6.07, 6.45) is 2.08. The lowest BCUT2D eigenvalue weighted by Crippen LogP contribution is -2.60. The SMILES string of the molecule is CCCNC(=O)CCNC1CC(O)C1(C)C. The Kier molecular flexibility index (Phi) is 4.74. The third-order valence-electron chi connectivity index (χ3n) is 3.53. The summed E-state index contributed by atoms with van der Waals surface area (Å²) in [6.45, 7) is 7.59. The normalized spacial score (nSPS) is 27.2. The molecule has 0 aromatic heterocycles. The van der Waals surface area contributed by atoms with Crippen LogP contribution in [0.5, 0.6) is 0 Å². The van der Waals surface area contributed by atoms with E-state index in [9.17, 15) is 9.90 Å². The molecule has 4 nitrogen and oxygen atoms in total. The van der Waals surface area contributed by atoms with E-state index in [-0.39, 0.29) is 17.4 Å². The minimum Gasteiger partial charge on any atom is -0.392 e. The van der Waals surface area contributed by atoms with Gasteiger partial charge < -0.3 is 15.7 Å².